The van der Waals surface area contributed by atoms with Crippen LogP contribution in [0.15, 0.2) is 12.1 Å². The molecule has 1 aromatic carbocycles. The minimum Gasteiger partial charge on any atom is -0.330 e. The molecule has 2 heteroatoms. The van der Waals surface area contributed by atoms with Crippen LogP contribution in [-0.2, 0) is 6.54 Å². The van der Waals surface area contributed by atoms with Gasteiger partial charge in [0, 0.05) is 13.1 Å². The second-order valence-electron chi connectivity index (χ2n) is 6.18. The monoisotopic (exact) mass is 248 g/mol. The average molecular weight is 248 g/mol. The summed E-state index contributed by atoms with van der Waals surface area (Å²) in [6.07, 6.45) is 1.06. The molecule has 1 aromatic rings. The van der Waals surface area contributed by atoms with E-state index in [2.05, 4.69) is 52.1 Å². The third-order valence-electron chi connectivity index (χ3n) is 3.57. The highest BCUT2D eigenvalue weighted by atomic mass is 14.9. The van der Waals surface area contributed by atoms with E-state index in [1.165, 1.54) is 22.3 Å². The third kappa shape index (κ3) is 4.43. The zero-order valence-electron chi connectivity index (χ0n) is 12.6. The lowest BCUT2D eigenvalue weighted by Gasteiger charge is -2.25. The standard InChI is InChI=1S/C16H28N2/c1-12-8-13(2)15(14(3)9-12)10-18-11-16(4,5)6-7-17/h8-9,18H,6-7,10-11,17H2,1-5H3. The summed E-state index contributed by atoms with van der Waals surface area (Å²) in [5.74, 6) is 0. The molecule has 2 nitrogen and oxygen atoms in total. The molecule has 0 saturated carbocycles. The molecule has 102 valence electrons. The van der Waals surface area contributed by atoms with Crippen LogP contribution in [0.1, 0.15) is 42.5 Å². The number of rotatable bonds is 6. The van der Waals surface area contributed by atoms with Crippen LogP contribution in [0.25, 0.3) is 0 Å². The molecule has 0 heterocycles. The van der Waals surface area contributed by atoms with Crippen molar-refractivity contribution in [2.75, 3.05) is 13.1 Å². The van der Waals surface area contributed by atoms with Gasteiger partial charge in [-0.05, 0) is 55.8 Å². The number of hydrogen-bond donors (Lipinski definition) is 2. The number of benzene rings is 1. The first-order valence-corrected chi connectivity index (χ1v) is 6.83. The largest absolute Gasteiger partial charge is 0.330 e. The van der Waals surface area contributed by atoms with E-state index in [0.29, 0.717) is 0 Å². The van der Waals surface area contributed by atoms with E-state index in [9.17, 15) is 0 Å². The molecule has 0 fully saturated rings. The second kappa shape index (κ2) is 6.35. The van der Waals surface area contributed by atoms with Crippen LogP contribution >= 0.6 is 0 Å². The van der Waals surface area contributed by atoms with Gasteiger partial charge in [-0.15, -0.1) is 0 Å². The number of nitrogens with two attached hydrogens (primary N) is 1. The molecule has 0 aliphatic carbocycles. The summed E-state index contributed by atoms with van der Waals surface area (Å²) < 4.78 is 0. The van der Waals surface area contributed by atoms with Crippen molar-refractivity contribution in [3.8, 4) is 0 Å². The predicted molar refractivity (Wildman–Crippen MR) is 79.8 cm³/mol. The lowest BCUT2D eigenvalue weighted by molar-refractivity contribution is 0.319. The molecule has 0 aliphatic heterocycles. The zero-order chi connectivity index (χ0) is 13.8. The van der Waals surface area contributed by atoms with Crippen molar-refractivity contribution in [2.24, 2.45) is 11.1 Å². The highest BCUT2D eigenvalue weighted by Crippen LogP contribution is 2.19. The Bertz CT molecular complexity index is 371. The van der Waals surface area contributed by atoms with Crippen molar-refractivity contribution < 1.29 is 0 Å². The molecular formula is C16H28N2. The van der Waals surface area contributed by atoms with Crippen molar-refractivity contribution in [2.45, 2.75) is 47.6 Å². The zero-order valence-corrected chi connectivity index (χ0v) is 12.6. The molecule has 0 bridgehead atoms. The van der Waals surface area contributed by atoms with E-state index in [4.69, 9.17) is 5.73 Å². The van der Waals surface area contributed by atoms with Crippen LogP contribution in [0.5, 0.6) is 0 Å². The predicted octanol–water partition coefficient (Wildman–Crippen LogP) is 3.08. The highest BCUT2D eigenvalue weighted by molar-refractivity contribution is 5.37. The van der Waals surface area contributed by atoms with Crippen molar-refractivity contribution in [1.29, 1.82) is 0 Å². The van der Waals surface area contributed by atoms with Crippen molar-refractivity contribution in [3.05, 3.63) is 34.4 Å². The van der Waals surface area contributed by atoms with Crippen LogP contribution in [0.4, 0.5) is 0 Å². The van der Waals surface area contributed by atoms with Gasteiger partial charge < -0.3 is 11.1 Å². The molecule has 0 atom stereocenters. The quantitative estimate of drug-likeness (QED) is 0.812. The van der Waals surface area contributed by atoms with E-state index in [1.807, 2.05) is 0 Å². The van der Waals surface area contributed by atoms with Crippen LogP contribution in [0.3, 0.4) is 0 Å². The van der Waals surface area contributed by atoms with Crippen LogP contribution in [-0.4, -0.2) is 13.1 Å². The van der Waals surface area contributed by atoms with Gasteiger partial charge in [-0.3, -0.25) is 0 Å². The van der Waals surface area contributed by atoms with Gasteiger partial charge in [0.25, 0.3) is 0 Å². The van der Waals surface area contributed by atoms with Gasteiger partial charge >= 0.3 is 0 Å². The van der Waals surface area contributed by atoms with Gasteiger partial charge in [0.1, 0.15) is 0 Å². The SMILES string of the molecule is Cc1cc(C)c(CNCC(C)(C)CCN)c(C)c1. The van der Waals surface area contributed by atoms with Crippen molar-refractivity contribution in [1.82, 2.24) is 5.32 Å². The molecule has 0 aliphatic rings. The molecular weight excluding hydrogens is 220 g/mol. The van der Waals surface area contributed by atoms with Crippen LogP contribution in [0, 0.1) is 26.2 Å². The Kier molecular flexibility index (Phi) is 5.36. The molecule has 1 rings (SSSR count). The average Bonchev–Trinajstić information content (AvgIpc) is 2.21. The normalized spacial score (nSPS) is 11.9. The summed E-state index contributed by atoms with van der Waals surface area (Å²) in [6, 6.07) is 4.52. The second-order valence-corrected chi connectivity index (χ2v) is 6.18. The fraction of sp³-hybridized carbons (Fsp3) is 0.625. The van der Waals surface area contributed by atoms with Gasteiger partial charge in [-0.1, -0.05) is 31.5 Å². The Balaban J connectivity index is 2.59. The van der Waals surface area contributed by atoms with Gasteiger partial charge in [-0.25, -0.2) is 0 Å². The minimum absolute atomic E-state index is 0.279. The first-order chi connectivity index (χ1) is 8.35. The van der Waals surface area contributed by atoms with Gasteiger partial charge in [0.2, 0.25) is 0 Å². The van der Waals surface area contributed by atoms with Crippen molar-refractivity contribution >= 4 is 0 Å². The number of aryl methyl sites for hydroxylation is 3. The first kappa shape index (κ1) is 15.2. The van der Waals surface area contributed by atoms with E-state index < -0.39 is 0 Å². The highest BCUT2D eigenvalue weighted by Gasteiger charge is 2.16. The fourth-order valence-corrected chi connectivity index (χ4v) is 2.49. The Hall–Kier alpha value is -0.860. The summed E-state index contributed by atoms with van der Waals surface area (Å²) in [7, 11) is 0. The molecule has 0 radical (unpaired) electrons. The molecule has 0 amide bonds. The van der Waals surface area contributed by atoms with Gasteiger partial charge in [0.15, 0.2) is 0 Å². The summed E-state index contributed by atoms with van der Waals surface area (Å²) in [4.78, 5) is 0. The Morgan fingerprint density at radius 2 is 1.67 bits per heavy atom. The maximum atomic E-state index is 5.63. The van der Waals surface area contributed by atoms with E-state index in [-0.39, 0.29) is 5.41 Å². The summed E-state index contributed by atoms with van der Waals surface area (Å²) in [6.45, 7) is 13.8. The van der Waals surface area contributed by atoms with E-state index in [0.717, 1.165) is 26.1 Å². The molecule has 3 N–H and O–H groups in total. The minimum atomic E-state index is 0.279. The lowest BCUT2D eigenvalue weighted by Crippen LogP contribution is -2.31. The van der Waals surface area contributed by atoms with E-state index >= 15 is 0 Å². The maximum Gasteiger partial charge on any atom is 0.0210 e. The Labute approximate surface area is 112 Å². The van der Waals surface area contributed by atoms with Gasteiger partial charge in [0.05, 0.1) is 0 Å². The van der Waals surface area contributed by atoms with Crippen LogP contribution in [0.2, 0.25) is 0 Å². The van der Waals surface area contributed by atoms with E-state index in [1.54, 1.807) is 0 Å². The maximum absolute atomic E-state index is 5.63. The Morgan fingerprint density at radius 1 is 1.11 bits per heavy atom. The Morgan fingerprint density at radius 3 is 2.17 bits per heavy atom. The topological polar surface area (TPSA) is 38.0 Å². The number of nitrogens with one attached hydrogen (secondary N) is 1. The van der Waals surface area contributed by atoms with Crippen molar-refractivity contribution in [3.63, 3.8) is 0 Å². The third-order valence-corrected chi connectivity index (χ3v) is 3.57. The molecule has 0 aromatic heterocycles. The summed E-state index contributed by atoms with van der Waals surface area (Å²) in [5, 5.41) is 3.57. The molecule has 0 spiro atoms. The lowest BCUT2D eigenvalue weighted by atomic mass is 9.89. The molecule has 0 unspecified atom stereocenters. The fourth-order valence-electron chi connectivity index (χ4n) is 2.49. The smallest absolute Gasteiger partial charge is 0.0210 e. The van der Waals surface area contributed by atoms with Crippen LogP contribution < -0.4 is 11.1 Å². The first-order valence-electron chi connectivity index (χ1n) is 6.83. The molecule has 18 heavy (non-hydrogen) atoms. The summed E-state index contributed by atoms with van der Waals surface area (Å²) in [5.41, 5.74) is 11.5. The summed E-state index contributed by atoms with van der Waals surface area (Å²) >= 11 is 0. The molecule has 0 saturated heterocycles. The number of hydrogen-bond acceptors (Lipinski definition) is 2. The van der Waals surface area contributed by atoms with Gasteiger partial charge in [-0.2, -0.15) is 0 Å².